The van der Waals surface area contributed by atoms with Gasteiger partial charge in [-0.05, 0) is 49.1 Å². The van der Waals surface area contributed by atoms with Gasteiger partial charge in [0.2, 0.25) is 21.8 Å². The number of anilines is 1. The molecule has 0 aliphatic rings. The normalized spacial score (nSPS) is 11.9. The van der Waals surface area contributed by atoms with Gasteiger partial charge in [-0.2, -0.15) is 0 Å². The zero-order valence-electron chi connectivity index (χ0n) is 24.4. The lowest BCUT2D eigenvalue weighted by Crippen LogP contribution is -2.53. The highest BCUT2D eigenvalue weighted by Gasteiger charge is 2.33. The lowest BCUT2D eigenvalue weighted by Gasteiger charge is -2.34. The predicted octanol–water partition coefficient (Wildman–Crippen LogP) is 4.72. The van der Waals surface area contributed by atoms with E-state index in [-0.39, 0.29) is 24.6 Å². The molecule has 41 heavy (non-hydrogen) atoms. The first-order valence-electron chi connectivity index (χ1n) is 14.0. The summed E-state index contributed by atoms with van der Waals surface area (Å²) in [6.45, 7) is 6.29. The molecule has 3 rings (SSSR count). The second-order valence-corrected chi connectivity index (χ2v) is 11.9. The molecular weight excluding hydrogens is 538 g/mol. The van der Waals surface area contributed by atoms with E-state index in [0.29, 0.717) is 18.9 Å². The Balaban J connectivity index is 2.07. The number of hydrogen-bond acceptors (Lipinski definition) is 5. The Morgan fingerprint density at radius 1 is 0.927 bits per heavy atom. The molecule has 220 valence electrons. The number of carbonyl (C=O) groups excluding carboxylic acids is 2. The van der Waals surface area contributed by atoms with Gasteiger partial charge in [-0.15, -0.1) is 0 Å². The Bertz CT molecular complexity index is 1400. The van der Waals surface area contributed by atoms with Crippen molar-refractivity contribution in [3.8, 4) is 5.75 Å². The third kappa shape index (κ3) is 9.08. The molecular formula is C32H41N3O5S. The summed E-state index contributed by atoms with van der Waals surface area (Å²) in [7, 11) is -3.89. The number of ether oxygens (including phenoxy) is 1. The molecule has 3 aromatic rings. The Labute approximate surface area is 244 Å². The fourth-order valence-corrected chi connectivity index (χ4v) is 5.42. The molecule has 1 N–H and O–H groups in total. The fourth-order valence-electron chi connectivity index (χ4n) is 4.57. The standard InChI is InChI=1S/C32H41N3O5S/c1-5-7-21-33-32(37)29(22-26-16-9-8-10-17-26)34(23-27-18-12-11-15-25(27)3)31(36)24-35(41(4,38)39)28-19-13-14-20-30(28)40-6-2/h8-20,29H,5-7,21-24H2,1-4H3,(H,33,37). The predicted molar refractivity (Wildman–Crippen MR) is 163 cm³/mol. The van der Waals surface area contributed by atoms with E-state index >= 15 is 0 Å². The topological polar surface area (TPSA) is 96.0 Å². The molecule has 0 saturated heterocycles. The minimum Gasteiger partial charge on any atom is -0.492 e. The number of unbranched alkanes of at least 4 members (excludes halogenated alkanes) is 1. The first-order valence-corrected chi connectivity index (χ1v) is 15.9. The maximum Gasteiger partial charge on any atom is 0.244 e. The number of nitrogens with one attached hydrogen (secondary N) is 1. The van der Waals surface area contributed by atoms with Crippen molar-refractivity contribution in [2.24, 2.45) is 0 Å². The smallest absolute Gasteiger partial charge is 0.244 e. The highest BCUT2D eigenvalue weighted by atomic mass is 32.2. The fraction of sp³-hybridized carbons (Fsp3) is 0.375. The van der Waals surface area contributed by atoms with Crippen molar-refractivity contribution in [1.82, 2.24) is 10.2 Å². The van der Waals surface area contributed by atoms with Crippen LogP contribution < -0.4 is 14.4 Å². The number of benzene rings is 3. The molecule has 1 unspecified atom stereocenters. The second-order valence-electron chi connectivity index (χ2n) is 9.97. The number of para-hydroxylation sites is 2. The summed E-state index contributed by atoms with van der Waals surface area (Å²) in [6.07, 6.45) is 3.07. The summed E-state index contributed by atoms with van der Waals surface area (Å²) in [6, 6.07) is 23.1. The van der Waals surface area contributed by atoms with Gasteiger partial charge in [-0.1, -0.05) is 80.1 Å². The maximum absolute atomic E-state index is 14.2. The molecule has 0 radical (unpaired) electrons. The van der Waals surface area contributed by atoms with Crippen LogP contribution in [0.15, 0.2) is 78.9 Å². The van der Waals surface area contributed by atoms with Crippen LogP contribution in [-0.4, -0.2) is 57.1 Å². The maximum atomic E-state index is 14.2. The monoisotopic (exact) mass is 579 g/mol. The average molecular weight is 580 g/mol. The molecule has 0 aromatic heterocycles. The summed E-state index contributed by atoms with van der Waals surface area (Å²) < 4.78 is 32.8. The van der Waals surface area contributed by atoms with Crippen molar-refractivity contribution < 1.29 is 22.7 Å². The van der Waals surface area contributed by atoms with E-state index in [1.807, 2.05) is 75.4 Å². The van der Waals surface area contributed by atoms with Crippen LogP contribution in [0.2, 0.25) is 0 Å². The zero-order valence-corrected chi connectivity index (χ0v) is 25.2. The minimum absolute atomic E-state index is 0.148. The number of hydrogen-bond donors (Lipinski definition) is 1. The van der Waals surface area contributed by atoms with Crippen LogP contribution in [0.3, 0.4) is 0 Å². The number of carbonyl (C=O) groups is 2. The second kappa shape index (κ2) is 15.2. The SMILES string of the molecule is CCCCNC(=O)C(Cc1ccccc1)N(Cc1ccccc1C)C(=O)CN(c1ccccc1OCC)S(C)(=O)=O. The average Bonchev–Trinajstić information content (AvgIpc) is 2.95. The van der Waals surface area contributed by atoms with E-state index < -0.39 is 28.5 Å². The van der Waals surface area contributed by atoms with Gasteiger partial charge in [-0.25, -0.2) is 8.42 Å². The van der Waals surface area contributed by atoms with Crippen molar-refractivity contribution in [2.75, 3.05) is 30.3 Å². The van der Waals surface area contributed by atoms with E-state index in [2.05, 4.69) is 5.32 Å². The quantitative estimate of drug-likeness (QED) is 0.263. The first kappa shape index (κ1) is 31.7. The van der Waals surface area contributed by atoms with Crippen molar-refractivity contribution in [1.29, 1.82) is 0 Å². The van der Waals surface area contributed by atoms with Crippen molar-refractivity contribution in [3.05, 3.63) is 95.6 Å². The summed E-state index contributed by atoms with van der Waals surface area (Å²) in [4.78, 5) is 29.4. The first-order chi connectivity index (χ1) is 19.7. The molecule has 8 nitrogen and oxygen atoms in total. The van der Waals surface area contributed by atoms with E-state index in [0.717, 1.165) is 40.1 Å². The van der Waals surface area contributed by atoms with E-state index in [1.165, 1.54) is 4.90 Å². The molecule has 3 aromatic carbocycles. The van der Waals surface area contributed by atoms with Gasteiger partial charge in [0.1, 0.15) is 18.3 Å². The molecule has 0 aliphatic heterocycles. The molecule has 9 heteroatoms. The Morgan fingerprint density at radius 2 is 1.59 bits per heavy atom. The molecule has 0 fully saturated rings. The molecule has 0 bridgehead atoms. The van der Waals surface area contributed by atoms with Crippen LogP contribution in [0.4, 0.5) is 5.69 Å². The number of amides is 2. The van der Waals surface area contributed by atoms with Crippen LogP contribution in [0.1, 0.15) is 43.4 Å². The summed E-state index contributed by atoms with van der Waals surface area (Å²) in [5.41, 5.74) is 3.01. The minimum atomic E-state index is -3.89. The summed E-state index contributed by atoms with van der Waals surface area (Å²) in [5.74, 6) is -0.404. The summed E-state index contributed by atoms with van der Waals surface area (Å²) in [5, 5.41) is 3.00. The van der Waals surface area contributed by atoms with Gasteiger partial charge in [-0.3, -0.25) is 13.9 Å². The van der Waals surface area contributed by atoms with Crippen molar-refractivity contribution in [3.63, 3.8) is 0 Å². The lowest BCUT2D eigenvalue weighted by atomic mass is 10.0. The van der Waals surface area contributed by atoms with Gasteiger partial charge in [0.15, 0.2) is 0 Å². The Morgan fingerprint density at radius 3 is 2.24 bits per heavy atom. The van der Waals surface area contributed by atoms with Crippen molar-refractivity contribution >= 4 is 27.5 Å². The molecule has 0 saturated carbocycles. The molecule has 0 heterocycles. The van der Waals surface area contributed by atoms with Gasteiger partial charge in [0.25, 0.3) is 0 Å². The number of aryl methyl sites for hydroxylation is 1. The Hall–Kier alpha value is -3.85. The largest absolute Gasteiger partial charge is 0.492 e. The van der Waals surface area contributed by atoms with Crippen LogP contribution in [0.5, 0.6) is 5.75 Å². The van der Waals surface area contributed by atoms with Crippen LogP contribution in [0, 0.1) is 6.92 Å². The van der Waals surface area contributed by atoms with Crippen LogP contribution in [-0.2, 0) is 32.6 Å². The highest BCUT2D eigenvalue weighted by Crippen LogP contribution is 2.30. The third-order valence-corrected chi connectivity index (χ3v) is 7.94. The number of nitrogens with zero attached hydrogens (tertiary/aromatic N) is 2. The van der Waals surface area contributed by atoms with Gasteiger partial charge in [0, 0.05) is 19.5 Å². The number of rotatable bonds is 15. The van der Waals surface area contributed by atoms with Crippen LogP contribution >= 0.6 is 0 Å². The van der Waals surface area contributed by atoms with Crippen LogP contribution in [0.25, 0.3) is 0 Å². The van der Waals surface area contributed by atoms with Gasteiger partial charge >= 0.3 is 0 Å². The third-order valence-electron chi connectivity index (χ3n) is 6.82. The van der Waals surface area contributed by atoms with E-state index in [4.69, 9.17) is 4.74 Å². The molecule has 2 amide bonds. The van der Waals surface area contributed by atoms with E-state index in [1.54, 1.807) is 24.3 Å². The van der Waals surface area contributed by atoms with Gasteiger partial charge in [0.05, 0.1) is 18.6 Å². The lowest BCUT2D eigenvalue weighted by molar-refractivity contribution is -0.140. The summed E-state index contributed by atoms with van der Waals surface area (Å²) >= 11 is 0. The zero-order chi connectivity index (χ0) is 29.8. The Kier molecular flexibility index (Phi) is 11.8. The van der Waals surface area contributed by atoms with Gasteiger partial charge < -0.3 is 15.0 Å². The van der Waals surface area contributed by atoms with Crippen molar-refractivity contribution in [2.45, 2.75) is 52.6 Å². The number of sulfonamides is 1. The molecule has 0 aliphatic carbocycles. The van der Waals surface area contributed by atoms with E-state index in [9.17, 15) is 18.0 Å². The highest BCUT2D eigenvalue weighted by molar-refractivity contribution is 7.92. The molecule has 1 atom stereocenters. The molecule has 0 spiro atoms.